The van der Waals surface area contributed by atoms with Crippen molar-refractivity contribution in [3.63, 3.8) is 0 Å². The largest absolute Gasteiger partial charge is 0.493 e. The number of hydrogen-bond donors (Lipinski definition) is 1. The molecule has 0 unspecified atom stereocenters. The maximum Gasteiger partial charge on any atom is 0.417 e. The Hall–Kier alpha value is -1.14. The minimum absolute atomic E-state index is 0.419. The van der Waals surface area contributed by atoms with E-state index in [0.29, 0.717) is 13.2 Å². The first-order chi connectivity index (χ1) is 8.65. The van der Waals surface area contributed by atoms with Gasteiger partial charge in [0.2, 0.25) is 0 Å². The highest BCUT2D eigenvalue weighted by Crippen LogP contribution is 2.44. The summed E-state index contributed by atoms with van der Waals surface area (Å²) in [5.74, 6) is 0.830. The fraction of sp³-hybridized carbons (Fsp3) is 0.250. The van der Waals surface area contributed by atoms with Crippen molar-refractivity contribution in [3.8, 4) is 5.75 Å². The van der Waals surface area contributed by atoms with Crippen LogP contribution in [-0.2, 0) is 0 Å². The van der Waals surface area contributed by atoms with Crippen molar-refractivity contribution in [2.75, 3.05) is 13.2 Å². The van der Waals surface area contributed by atoms with Crippen LogP contribution in [0, 0.1) is 0 Å². The van der Waals surface area contributed by atoms with Crippen LogP contribution in [0.25, 0.3) is 5.57 Å². The van der Waals surface area contributed by atoms with Crippen LogP contribution in [0.5, 0.6) is 5.75 Å². The molecule has 2 aliphatic heterocycles. The Bertz CT molecular complexity index is 558. The van der Waals surface area contributed by atoms with Crippen LogP contribution < -0.4 is 4.74 Å². The van der Waals surface area contributed by atoms with Crippen molar-refractivity contribution in [2.45, 2.75) is 6.42 Å². The summed E-state index contributed by atoms with van der Waals surface area (Å²) in [4.78, 5) is 12.1. The SMILES string of the molecule is O=C(O)N1CC2=C(CCOc3ccc(Br)cc32)S1. The summed E-state index contributed by atoms with van der Waals surface area (Å²) in [6.07, 6.45) is -0.138. The van der Waals surface area contributed by atoms with Gasteiger partial charge in [-0.2, -0.15) is 0 Å². The van der Waals surface area contributed by atoms with E-state index in [9.17, 15) is 4.79 Å². The maximum absolute atomic E-state index is 11.0. The van der Waals surface area contributed by atoms with Crippen LogP contribution in [0.1, 0.15) is 12.0 Å². The zero-order valence-corrected chi connectivity index (χ0v) is 11.8. The molecule has 0 saturated carbocycles. The van der Waals surface area contributed by atoms with E-state index in [1.807, 2.05) is 18.2 Å². The van der Waals surface area contributed by atoms with E-state index in [4.69, 9.17) is 9.84 Å². The van der Waals surface area contributed by atoms with Crippen LogP contribution in [-0.4, -0.2) is 28.7 Å². The number of hydrogen-bond acceptors (Lipinski definition) is 3. The third-order valence-electron chi connectivity index (χ3n) is 2.93. The molecule has 0 radical (unpaired) electrons. The number of fused-ring (bicyclic) bond motifs is 2. The molecule has 0 saturated heterocycles. The van der Waals surface area contributed by atoms with E-state index in [2.05, 4.69) is 15.9 Å². The first kappa shape index (κ1) is 11.9. The molecule has 1 aromatic carbocycles. The van der Waals surface area contributed by atoms with Crippen molar-refractivity contribution in [1.29, 1.82) is 0 Å². The number of nitrogens with zero attached hydrogens (tertiary/aromatic N) is 1. The van der Waals surface area contributed by atoms with Gasteiger partial charge in [-0.25, -0.2) is 9.10 Å². The third-order valence-corrected chi connectivity index (χ3v) is 4.60. The number of benzene rings is 1. The summed E-state index contributed by atoms with van der Waals surface area (Å²) in [7, 11) is 0. The number of carboxylic acid groups (broad SMARTS) is 1. The van der Waals surface area contributed by atoms with Crippen molar-refractivity contribution in [3.05, 3.63) is 33.1 Å². The lowest BCUT2D eigenvalue weighted by Gasteiger charge is -2.13. The summed E-state index contributed by atoms with van der Waals surface area (Å²) in [6, 6.07) is 5.84. The van der Waals surface area contributed by atoms with Gasteiger partial charge in [-0.15, -0.1) is 0 Å². The fourth-order valence-electron chi connectivity index (χ4n) is 2.11. The van der Waals surface area contributed by atoms with Gasteiger partial charge in [0.15, 0.2) is 0 Å². The second kappa shape index (κ2) is 4.51. The van der Waals surface area contributed by atoms with Gasteiger partial charge in [-0.3, -0.25) is 0 Å². The fourth-order valence-corrected chi connectivity index (χ4v) is 3.47. The van der Waals surface area contributed by atoms with Crippen molar-refractivity contribution >= 4 is 39.5 Å². The predicted molar refractivity (Wildman–Crippen MR) is 73.5 cm³/mol. The third kappa shape index (κ3) is 1.99. The lowest BCUT2D eigenvalue weighted by Crippen LogP contribution is -2.20. The number of amides is 1. The molecule has 0 atom stereocenters. The van der Waals surface area contributed by atoms with Gasteiger partial charge in [0.25, 0.3) is 0 Å². The highest BCUT2D eigenvalue weighted by atomic mass is 79.9. The topological polar surface area (TPSA) is 49.8 Å². The zero-order chi connectivity index (χ0) is 12.7. The first-order valence-corrected chi connectivity index (χ1v) is 7.05. The van der Waals surface area contributed by atoms with Gasteiger partial charge in [0.05, 0.1) is 13.2 Å². The quantitative estimate of drug-likeness (QED) is 0.740. The molecule has 2 aliphatic rings. The molecule has 4 nitrogen and oxygen atoms in total. The normalized spacial score (nSPS) is 17.9. The number of halogens is 1. The Kier molecular flexibility index (Phi) is 2.99. The average Bonchev–Trinajstić information content (AvgIpc) is 2.68. The number of rotatable bonds is 0. The molecule has 0 bridgehead atoms. The molecule has 3 rings (SSSR count). The summed E-state index contributed by atoms with van der Waals surface area (Å²) in [5, 5.41) is 9.07. The minimum Gasteiger partial charge on any atom is -0.493 e. The van der Waals surface area contributed by atoms with E-state index < -0.39 is 6.09 Å². The Morgan fingerprint density at radius 1 is 1.50 bits per heavy atom. The van der Waals surface area contributed by atoms with E-state index in [0.717, 1.165) is 32.7 Å². The van der Waals surface area contributed by atoms with Gasteiger partial charge in [0, 0.05) is 21.4 Å². The molecule has 2 heterocycles. The monoisotopic (exact) mass is 327 g/mol. The van der Waals surface area contributed by atoms with E-state index in [1.54, 1.807) is 0 Å². The summed E-state index contributed by atoms with van der Waals surface area (Å²) >= 11 is 4.75. The maximum atomic E-state index is 11.0. The predicted octanol–water partition coefficient (Wildman–Crippen LogP) is 3.58. The van der Waals surface area contributed by atoms with Crippen molar-refractivity contribution in [1.82, 2.24) is 4.31 Å². The molecule has 0 fully saturated rings. The van der Waals surface area contributed by atoms with E-state index in [-0.39, 0.29) is 0 Å². The molecule has 0 aromatic heterocycles. The average molecular weight is 328 g/mol. The van der Waals surface area contributed by atoms with Gasteiger partial charge in [-0.1, -0.05) is 15.9 Å². The van der Waals surface area contributed by atoms with Crippen LogP contribution in [0.2, 0.25) is 0 Å². The molecule has 94 valence electrons. The lowest BCUT2D eigenvalue weighted by atomic mass is 10.0. The van der Waals surface area contributed by atoms with E-state index in [1.165, 1.54) is 16.3 Å². The highest BCUT2D eigenvalue weighted by Gasteiger charge is 2.30. The number of carbonyl (C=O) groups is 1. The Morgan fingerprint density at radius 3 is 3.11 bits per heavy atom. The molecule has 1 N–H and O–H groups in total. The van der Waals surface area contributed by atoms with Gasteiger partial charge < -0.3 is 9.84 Å². The second-order valence-electron chi connectivity index (χ2n) is 4.05. The van der Waals surface area contributed by atoms with Crippen LogP contribution in [0.4, 0.5) is 4.79 Å². The Morgan fingerprint density at radius 2 is 2.33 bits per heavy atom. The summed E-state index contributed by atoms with van der Waals surface area (Å²) in [6.45, 7) is 1.01. The molecular weight excluding hydrogens is 318 g/mol. The minimum atomic E-state index is -0.898. The molecule has 1 aromatic rings. The van der Waals surface area contributed by atoms with Crippen LogP contribution in [0.15, 0.2) is 27.6 Å². The molecular formula is C12H10BrNO3S. The molecule has 18 heavy (non-hydrogen) atoms. The highest BCUT2D eigenvalue weighted by molar-refractivity contribution is 9.10. The Labute approximate surface area is 117 Å². The van der Waals surface area contributed by atoms with Crippen molar-refractivity contribution in [2.24, 2.45) is 0 Å². The van der Waals surface area contributed by atoms with Crippen molar-refractivity contribution < 1.29 is 14.6 Å². The lowest BCUT2D eigenvalue weighted by molar-refractivity contribution is 0.179. The number of ether oxygens (including phenoxy) is 1. The standard InChI is InChI=1S/C12H10BrNO3S/c13-7-1-2-10-8(5-7)9-6-14(12(15)16)18-11(9)3-4-17-10/h1-2,5H,3-4,6H2,(H,15,16). The first-order valence-electron chi connectivity index (χ1n) is 5.48. The zero-order valence-electron chi connectivity index (χ0n) is 9.35. The summed E-state index contributed by atoms with van der Waals surface area (Å²) < 4.78 is 8.03. The second-order valence-corrected chi connectivity index (χ2v) is 6.08. The Balaban J connectivity index is 2.04. The van der Waals surface area contributed by atoms with E-state index >= 15 is 0 Å². The molecule has 0 aliphatic carbocycles. The molecule has 6 heteroatoms. The van der Waals surface area contributed by atoms with Gasteiger partial charge in [0.1, 0.15) is 5.75 Å². The molecule has 0 spiro atoms. The van der Waals surface area contributed by atoms with Gasteiger partial charge >= 0.3 is 6.09 Å². The van der Waals surface area contributed by atoms with Gasteiger partial charge in [-0.05, 0) is 35.7 Å². The molecule has 1 amide bonds. The van der Waals surface area contributed by atoms with Crippen LogP contribution in [0.3, 0.4) is 0 Å². The summed E-state index contributed by atoms with van der Waals surface area (Å²) in [5.41, 5.74) is 2.06. The van der Waals surface area contributed by atoms with Crippen LogP contribution >= 0.6 is 27.9 Å². The smallest absolute Gasteiger partial charge is 0.417 e.